The number of sulfonamides is 1. The van der Waals surface area contributed by atoms with Crippen LogP contribution < -0.4 is 5.32 Å². The van der Waals surface area contributed by atoms with Gasteiger partial charge in [-0.25, -0.2) is 8.42 Å². The van der Waals surface area contributed by atoms with Crippen molar-refractivity contribution in [1.29, 1.82) is 0 Å². The number of furan rings is 1. The zero-order valence-corrected chi connectivity index (χ0v) is 19.7. The van der Waals surface area contributed by atoms with E-state index in [0.29, 0.717) is 31.0 Å². The number of likely N-dealkylation sites (tertiary alicyclic amines) is 1. The third-order valence-electron chi connectivity index (χ3n) is 6.38. The summed E-state index contributed by atoms with van der Waals surface area (Å²) in [7, 11) is -3.66. The number of nitrogens with one attached hydrogen (secondary N) is 1. The zero-order chi connectivity index (χ0) is 22.6. The number of nitrogens with zero attached hydrogens (tertiary/aromatic N) is 2. The molecule has 7 nitrogen and oxygen atoms in total. The van der Waals surface area contributed by atoms with Gasteiger partial charge in [0.1, 0.15) is 5.76 Å². The summed E-state index contributed by atoms with van der Waals surface area (Å²) in [5.74, 6) is 0.377. The average Bonchev–Trinajstić information content (AvgIpc) is 3.35. The molecule has 0 saturated carbocycles. The topological polar surface area (TPSA) is 82.9 Å². The van der Waals surface area contributed by atoms with Crippen molar-refractivity contribution in [3.8, 4) is 0 Å². The molecule has 4 rings (SSSR count). The van der Waals surface area contributed by atoms with Crippen molar-refractivity contribution in [3.63, 3.8) is 0 Å². The maximum atomic E-state index is 13.0. The molecule has 9 heteroatoms. The fourth-order valence-corrected chi connectivity index (χ4v) is 6.24. The molecule has 1 aromatic heterocycles. The molecule has 1 N–H and O–H groups in total. The largest absolute Gasteiger partial charge is 0.468 e. The Labute approximate surface area is 194 Å². The molecule has 2 aliphatic rings. The highest BCUT2D eigenvalue weighted by Gasteiger charge is 2.34. The Kier molecular flexibility index (Phi) is 7.55. The maximum absolute atomic E-state index is 13.0. The predicted molar refractivity (Wildman–Crippen MR) is 123 cm³/mol. The van der Waals surface area contributed by atoms with E-state index in [1.54, 1.807) is 18.4 Å². The molecule has 2 fully saturated rings. The quantitative estimate of drug-likeness (QED) is 0.655. The fraction of sp³-hybridized carbons (Fsp3) is 0.522. The van der Waals surface area contributed by atoms with E-state index in [1.165, 1.54) is 22.9 Å². The van der Waals surface area contributed by atoms with Crippen LogP contribution in [0.15, 0.2) is 52.0 Å². The van der Waals surface area contributed by atoms with Gasteiger partial charge in [-0.1, -0.05) is 18.0 Å². The summed E-state index contributed by atoms with van der Waals surface area (Å²) in [5.41, 5.74) is 0. The SMILES string of the molecule is O=C(NCC(c1ccco1)N1CCCCC1)C1CCCN(S(=O)(=O)c2ccc(Cl)cc2)C1. The Balaban J connectivity index is 1.39. The van der Waals surface area contributed by atoms with Crippen molar-refractivity contribution >= 4 is 27.5 Å². The van der Waals surface area contributed by atoms with Crippen molar-refractivity contribution in [2.75, 3.05) is 32.7 Å². The first-order valence-corrected chi connectivity index (χ1v) is 13.1. The van der Waals surface area contributed by atoms with Crippen molar-refractivity contribution < 1.29 is 17.6 Å². The van der Waals surface area contributed by atoms with Crippen LogP contribution in [-0.4, -0.2) is 56.3 Å². The van der Waals surface area contributed by atoms with Gasteiger partial charge < -0.3 is 9.73 Å². The van der Waals surface area contributed by atoms with Crippen molar-refractivity contribution in [1.82, 2.24) is 14.5 Å². The summed E-state index contributed by atoms with van der Waals surface area (Å²) >= 11 is 5.89. The van der Waals surface area contributed by atoms with Crippen LogP contribution in [0.25, 0.3) is 0 Å². The molecule has 2 saturated heterocycles. The van der Waals surface area contributed by atoms with E-state index in [1.807, 2.05) is 12.1 Å². The lowest BCUT2D eigenvalue weighted by atomic mass is 9.98. The standard InChI is InChI=1S/C23H30ClN3O4S/c24-19-8-10-20(11-9-19)32(29,30)27-14-4-6-18(17-27)23(28)25-16-21(22-7-5-15-31-22)26-12-2-1-3-13-26/h5,7-11,15,18,21H,1-4,6,12-14,16-17H2,(H,25,28). The summed E-state index contributed by atoms with van der Waals surface area (Å²) in [6.07, 6.45) is 6.51. The number of piperidine rings is 2. The highest BCUT2D eigenvalue weighted by molar-refractivity contribution is 7.89. The van der Waals surface area contributed by atoms with E-state index in [9.17, 15) is 13.2 Å². The average molecular weight is 480 g/mol. The molecule has 2 unspecified atom stereocenters. The maximum Gasteiger partial charge on any atom is 0.243 e. The summed E-state index contributed by atoms with van der Waals surface area (Å²) in [6, 6.07) is 9.96. The Morgan fingerprint density at radius 2 is 1.84 bits per heavy atom. The minimum absolute atomic E-state index is 0.00764. The number of rotatable bonds is 7. The lowest BCUT2D eigenvalue weighted by Gasteiger charge is -2.34. The molecule has 3 heterocycles. The van der Waals surface area contributed by atoms with Crippen molar-refractivity contribution in [2.45, 2.75) is 43.0 Å². The van der Waals surface area contributed by atoms with Crippen LogP contribution in [0.2, 0.25) is 5.02 Å². The van der Waals surface area contributed by atoms with Crippen LogP contribution in [-0.2, 0) is 14.8 Å². The Morgan fingerprint density at radius 1 is 1.09 bits per heavy atom. The van der Waals surface area contributed by atoms with E-state index in [0.717, 1.165) is 31.7 Å². The number of hydrogen-bond acceptors (Lipinski definition) is 5. The molecular formula is C23H30ClN3O4S. The number of carbonyl (C=O) groups is 1. The van der Waals surface area contributed by atoms with E-state index in [-0.39, 0.29) is 29.3 Å². The molecular weight excluding hydrogens is 450 g/mol. The molecule has 2 aromatic rings. The number of halogens is 1. The minimum Gasteiger partial charge on any atom is -0.468 e. The molecule has 0 spiro atoms. The third-order valence-corrected chi connectivity index (χ3v) is 8.51. The first-order chi connectivity index (χ1) is 15.4. The number of carbonyl (C=O) groups excluding carboxylic acids is 1. The monoisotopic (exact) mass is 479 g/mol. The fourth-order valence-electron chi connectivity index (χ4n) is 4.59. The zero-order valence-electron chi connectivity index (χ0n) is 18.1. The first-order valence-electron chi connectivity index (χ1n) is 11.3. The van der Waals surface area contributed by atoms with Gasteiger partial charge in [0.25, 0.3) is 0 Å². The van der Waals surface area contributed by atoms with Gasteiger partial charge in [0.05, 0.1) is 23.1 Å². The summed E-state index contributed by atoms with van der Waals surface area (Å²) in [5, 5.41) is 3.56. The number of benzene rings is 1. The molecule has 174 valence electrons. The van der Waals surface area contributed by atoms with E-state index in [4.69, 9.17) is 16.0 Å². The van der Waals surface area contributed by atoms with Gasteiger partial charge in [-0.05, 0) is 75.2 Å². The van der Waals surface area contributed by atoms with E-state index >= 15 is 0 Å². The Morgan fingerprint density at radius 3 is 2.53 bits per heavy atom. The molecule has 1 aromatic carbocycles. The molecule has 1 amide bonds. The van der Waals surface area contributed by atoms with Crippen molar-refractivity contribution in [3.05, 3.63) is 53.4 Å². The minimum atomic E-state index is -3.66. The van der Waals surface area contributed by atoms with Gasteiger partial charge in [-0.2, -0.15) is 4.31 Å². The lowest BCUT2D eigenvalue weighted by molar-refractivity contribution is -0.126. The summed E-state index contributed by atoms with van der Waals surface area (Å²) in [4.78, 5) is 15.6. The van der Waals surface area contributed by atoms with Gasteiger partial charge in [-0.15, -0.1) is 0 Å². The van der Waals surface area contributed by atoms with E-state index in [2.05, 4.69) is 10.2 Å². The molecule has 32 heavy (non-hydrogen) atoms. The number of amides is 1. The Hall–Kier alpha value is -1.87. The second-order valence-electron chi connectivity index (χ2n) is 8.53. The third kappa shape index (κ3) is 5.36. The normalized spacial score (nSPS) is 21.8. The van der Waals surface area contributed by atoms with Gasteiger partial charge in [0.15, 0.2) is 0 Å². The van der Waals surface area contributed by atoms with Crippen LogP contribution in [0.1, 0.15) is 43.9 Å². The molecule has 2 aliphatic heterocycles. The van der Waals surface area contributed by atoms with Gasteiger partial charge in [0, 0.05) is 24.7 Å². The van der Waals surface area contributed by atoms with Crippen LogP contribution in [0.4, 0.5) is 0 Å². The highest BCUT2D eigenvalue weighted by Crippen LogP contribution is 2.27. The van der Waals surface area contributed by atoms with Crippen LogP contribution in [0, 0.1) is 5.92 Å². The predicted octanol–water partition coefficient (Wildman–Crippen LogP) is 3.68. The summed E-state index contributed by atoms with van der Waals surface area (Å²) in [6.45, 7) is 3.02. The van der Waals surface area contributed by atoms with Crippen LogP contribution >= 0.6 is 11.6 Å². The lowest BCUT2D eigenvalue weighted by Crippen LogP contribution is -2.47. The van der Waals surface area contributed by atoms with Crippen molar-refractivity contribution in [2.24, 2.45) is 5.92 Å². The Bertz CT molecular complexity index is 989. The number of hydrogen-bond donors (Lipinski definition) is 1. The molecule has 0 aliphatic carbocycles. The van der Waals surface area contributed by atoms with Gasteiger partial charge in [-0.3, -0.25) is 9.69 Å². The second-order valence-corrected chi connectivity index (χ2v) is 10.9. The highest BCUT2D eigenvalue weighted by atomic mass is 35.5. The first kappa shape index (κ1) is 23.3. The van der Waals surface area contributed by atoms with Gasteiger partial charge >= 0.3 is 0 Å². The molecule has 0 radical (unpaired) electrons. The summed E-state index contributed by atoms with van der Waals surface area (Å²) < 4.78 is 33.1. The van der Waals surface area contributed by atoms with Crippen LogP contribution in [0.5, 0.6) is 0 Å². The van der Waals surface area contributed by atoms with Crippen LogP contribution in [0.3, 0.4) is 0 Å². The smallest absolute Gasteiger partial charge is 0.243 e. The second kappa shape index (κ2) is 10.4. The molecule has 2 atom stereocenters. The van der Waals surface area contributed by atoms with Gasteiger partial charge in [0.2, 0.25) is 15.9 Å². The molecule has 0 bridgehead atoms. The van der Waals surface area contributed by atoms with E-state index < -0.39 is 10.0 Å².